The van der Waals surface area contributed by atoms with Gasteiger partial charge in [0.25, 0.3) is 5.91 Å². The SMILES string of the molecule is O=C(c1cc2c(s1)CCCC2)N1CCN(S(=O)(=O)c2cccc(F)c2)CC1. The van der Waals surface area contributed by atoms with Crippen molar-refractivity contribution in [1.29, 1.82) is 0 Å². The van der Waals surface area contributed by atoms with Crippen LogP contribution in [0.5, 0.6) is 0 Å². The molecule has 1 aliphatic carbocycles. The summed E-state index contributed by atoms with van der Waals surface area (Å²) in [5.41, 5.74) is 1.29. The predicted octanol–water partition coefficient (Wildman–Crippen LogP) is 2.91. The predicted molar refractivity (Wildman–Crippen MR) is 102 cm³/mol. The number of aryl methyl sites for hydroxylation is 2. The summed E-state index contributed by atoms with van der Waals surface area (Å²) in [5.74, 6) is -0.594. The molecule has 1 aromatic heterocycles. The summed E-state index contributed by atoms with van der Waals surface area (Å²) in [6.07, 6.45) is 4.44. The van der Waals surface area contributed by atoms with Gasteiger partial charge in [-0.3, -0.25) is 4.79 Å². The maximum absolute atomic E-state index is 13.4. The molecule has 1 fully saturated rings. The maximum Gasteiger partial charge on any atom is 0.264 e. The van der Waals surface area contributed by atoms with E-state index in [1.165, 1.54) is 45.8 Å². The van der Waals surface area contributed by atoms with E-state index < -0.39 is 15.8 Å². The Morgan fingerprint density at radius 2 is 1.78 bits per heavy atom. The smallest absolute Gasteiger partial charge is 0.264 e. The minimum absolute atomic E-state index is 0.0165. The molecular weight excluding hydrogens is 387 g/mol. The first-order valence-corrected chi connectivity index (χ1v) is 11.4. The van der Waals surface area contributed by atoms with Crippen molar-refractivity contribution in [3.05, 3.63) is 51.5 Å². The zero-order valence-electron chi connectivity index (χ0n) is 14.9. The van der Waals surface area contributed by atoms with Gasteiger partial charge >= 0.3 is 0 Å². The van der Waals surface area contributed by atoms with Gasteiger partial charge in [-0.15, -0.1) is 11.3 Å². The van der Waals surface area contributed by atoms with Crippen LogP contribution >= 0.6 is 11.3 Å². The fraction of sp³-hybridized carbons (Fsp3) is 0.421. The van der Waals surface area contributed by atoms with Crippen molar-refractivity contribution < 1.29 is 17.6 Å². The van der Waals surface area contributed by atoms with E-state index in [4.69, 9.17) is 0 Å². The summed E-state index contributed by atoms with van der Waals surface area (Å²) in [6.45, 7) is 1.12. The lowest BCUT2D eigenvalue weighted by molar-refractivity contribution is 0.0702. The van der Waals surface area contributed by atoms with Gasteiger partial charge in [0.1, 0.15) is 5.82 Å². The highest BCUT2D eigenvalue weighted by molar-refractivity contribution is 7.89. The molecule has 1 aliphatic heterocycles. The zero-order chi connectivity index (χ0) is 19.0. The van der Waals surface area contributed by atoms with Crippen molar-refractivity contribution in [3.63, 3.8) is 0 Å². The Labute approximate surface area is 162 Å². The first-order chi connectivity index (χ1) is 12.9. The van der Waals surface area contributed by atoms with E-state index in [-0.39, 0.29) is 23.9 Å². The highest BCUT2D eigenvalue weighted by Crippen LogP contribution is 2.30. The average Bonchev–Trinajstić information content (AvgIpc) is 3.12. The quantitative estimate of drug-likeness (QED) is 0.785. The largest absolute Gasteiger partial charge is 0.335 e. The summed E-state index contributed by atoms with van der Waals surface area (Å²) in [4.78, 5) is 16.5. The molecule has 1 amide bonds. The molecule has 4 rings (SSSR count). The third-order valence-corrected chi connectivity index (χ3v) is 8.29. The number of halogens is 1. The number of fused-ring (bicyclic) bond motifs is 1. The third kappa shape index (κ3) is 3.66. The van der Waals surface area contributed by atoms with Crippen molar-refractivity contribution in [3.8, 4) is 0 Å². The van der Waals surface area contributed by atoms with Crippen LogP contribution in [0, 0.1) is 5.82 Å². The Morgan fingerprint density at radius 1 is 1.04 bits per heavy atom. The minimum atomic E-state index is -3.74. The lowest BCUT2D eigenvalue weighted by Gasteiger charge is -2.33. The number of hydrogen-bond donors (Lipinski definition) is 0. The van der Waals surface area contributed by atoms with E-state index >= 15 is 0 Å². The number of carbonyl (C=O) groups excluding carboxylic acids is 1. The second kappa shape index (κ2) is 7.33. The van der Waals surface area contributed by atoms with Gasteiger partial charge in [0, 0.05) is 31.1 Å². The first-order valence-electron chi connectivity index (χ1n) is 9.12. The summed E-state index contributed by atoms with van der Waals surface area (Å²) in [5, 5.41) is 0. The molecule has 0 unspecified atom stereocenters. The molecule has 144 valence electrons. The third-order valence-electron chi connectivity index (χ3n) is 5.17. The van der Waals surface area contributed by atoms with E-state index in [1.807, 2.05) is 6.07 Å². The van der Waals surface area contributed by atoms with Gasteiger partial charge in [0.05, 0.1) is 9.77 Å². The number of carbonyl (C=O) groups is 1. The molecule has 5 nitrogen and oxygen atoms in total. The van der Waals surface area contributed by atoms with E-state index in [9.17, 15) is 17.6 Å². The van der Waals surface area contributed by atoms with Crippen LogP contribution in [0.3, 0.4) is 0 Å². The van der Waals surface area contributed by atoms with Gasteiger partial charge in [0.15, 0.2) is 0 Å². The van der Waals surface area contributed by atoms with Crippen LogP contribution in [0.4, 0.5) is 4.39 Å². The van der Waals surface area contributed by atoms with Crippen molar-refractivity contribution in [2.75, 3.05) is 26.2 Å². The average molecular weight is 409 g/mol. The van der Waals surface area contributed by atoms with Gasteiger partial charge in [-0.05, 0) is 55.5 Å². The van der Waals surface area contributed by atoms with Crippen LogP contribution in [0.2, 0.25) is 0 Å². The normalized spacial score (nSPS) is 18.3. The fourth-order valence-electron chi connectivity index (χ4n) is 3.66. The number of hydrogen-bond acceptors (Lipinski definition) is 4. The standard InChI is InChI=1S/C19H21FN2O3S2/c20-15-5-3-6-16(13-15)27(24,25)22-10-8-21(9-11-22)19(23)18-12-14-4-1-2-7-17(14)26-18/h3,5-6,12-13H,1-2,4,7-11H2. The van der Waals surface area contributed by atoms with Crippen molar-refractivity contribution in [2.24, 2.45) is 0 Å². The van der Waals surface area contributed by atoms with Gasteiger partial charge < -0.3 is 4.90 Å². The molecule has 1 aromatic carbocycles. The van der Waals surface area contributed by atoms with Crippen LogP contribution in [0.25, 0.3) is 0 Å². The monoisotopic (exact) mass is 408 g/mol. The number of piperazine rings is 1. The molecule has 0 spiro atoms. The zero-order valence-corrected chi connectivity index (χ0v) is 16.5. The number of rotatable bonds is 3. The lowest BCUT2D eigenvalue weighted by atomic mass is 9.99. The molecule has 2 aliphatic rings. The Morgan fingerprint density at radius 3 is 2.48 bits per heavy atom. The molecule has 27 heavy (non-hydrogen) atoms. The summed E-state index contributed by atoms with van der Waals surface area (Å²) in [6, 6.07) is 7.04. The van der Waals surface area contributed by atoms with Gasteiger partial charge in [-0.2, -0.15) is 4.31 Å². The molecule has 0 saturated carbocycles. The van der Waals surface area contributed by atoms with Crippen molar-refractivity contribution in [1.82, 2.24) is 9.21 Å². The lowest BCUT2D eigenvalue weighted by Crippen LogP contribution is -2.50. The Kier molecular flexibility index (Phi) is 5.05. The first kappa shape index (κ1) is 18.6. The summed E-state index contributed by atoms with van der Waals surface area (Å²) < 4.78 is 40.1. The molecule has 2 heterocycles. The number of amides is 1. The van der Waals surface area contributed by atoms with E-state index in [0.717, 1.165) is 23.8 Å². The van der Waals surface area contributed by atoms with Crippen LogP contribution in [-0.4, -0.2) is 49.7 Å². The molecular formula is C19H21FN2O3S2. The van der Waals surface area contributed by atoms with Crippen molar-refractivity contribution >= 4 is 27.3 Å². The maximum atomic E-state index is 13.4. The number of nitrogens with zero attached hydrogens (tertiary/aromatic N) is 2. The van der Waals surface area contributed by atoms with E-state index in [0.29, 0.717) is 13.1 Å². The fourth-order valence-corrected chi connectivity index (χ4v) is 6.34. The molecule has 0 atom stereocenters. The Balaban J connectivity index is 1.44. The molecule has 2 aromatic rings. The van der Waals surface area contributed by atoms with Crippen LogP contribution in [0.15, 0.2) is 35.2 Å². The highest BCUT2D eigenvalue weighted by Gasteiger charge is 2.31. The van der Waals surface area contributed by atoms with Gasteiger partial charge in [-0.25, -0.2) is 12.8 Å². The van der Waals surface area contributed by atoms with E-state index in [2.05, 4.69) is 0 Å². The number of benzene rings is 1. The molecule has 0 N–H and O–H groups in total. The second-order valence-electron chi connectivity index (χ2n) is 6.92. The molecule has 1 saturated heterocycles. The number of thiophene rings is 1. The van der Waals surface area contributed by atoms with Gasteiger partial charge in [0.2, 0.25) is 10.0 Å². The Bertz CT molecular complexity index is 940. The topological polar surface area (TPSA) is 57.7 Å². The summed E-state index contributed by atoms with van der Waals surface area (Å²) in [7, 11) is -3.74. The second-order valence-corrected chi connectivity index (χ2v) is 9.99. The van der Waals surface area contributed by atoms with Crippen LogP contribution in [0.1, 0.15) is 33.0 Å². The Hall–Kier alpha value is -1.77. The highest BCUT2D eigenvalue weighted by atomic mass is 32.2. The molecule has 0 bridgehead atoms. The number of sulfonamides is 1. The van der Waals surface area contributed by atoms with Crippen LogP contribution < -0.4 is 0 Å². The van der Waals surface area contributed by atoms with Crippen molar-refractivity contribution in [2.45, 2.75) is 30.6 Å². The van der Waals surface area contributed by atoms with Gasteiger partial charge in [-0.1, -0.05) is 6.07 Å². The van der Waals surface area contributed by atoms with E-state index in [1.54, 1.807) is 16.2 Å². The summed E-state index contributed by atoms with van der Waals surface area (Å²) >= 11 is 1.58. The molecule has 0 radical (unpaired) electrons. The molecule has 8 heteroatoms. The van der Waals surface area contributed by atoms with Crippen LogP contribution in [-0.2, 0) is 22.9 Å². The minimum Gasteiger partial charge on any atom is -0.335 e.